The number of aryl methyl sites for hydroxylation is 2. The van der Waals surface area contributed by atoms with Gasteiger partial charge in [0.1, 0.15) is 6.04 Å². The quantitative estimate of drug-likeness (QED) is 0.509. The number of nitrogens with zero attached hydrogens (tertiary/aromatic N) is 5. The summed E-state index contributed by atoms with van der Waals surface area (Å²) < 4.78 is 1.99. The number of aromatic amines is 1. The number of hydrogen-bond donors (Lipinski definition) is 1. The number of H-pyrrole nitrogens is 1. The molecule has 0 spiro atoms. The largest absolute Gasteiger partial charge is 0.357 e. The molecule has 0 unspecified atom stereocenters. The van der Waals surface area contributed by atoms with Crippen molar-refractivity contribution in [2.45, 2.75) is 58.0 Å². The summed E-state index contributed by atoms with van der Waals surface area (Å²) in [6.07, 6.45) is 5.48. The number of nitrogens with one attached hydrogen (secondary N) is 1. The minimum atomic E-state index is -0.348. The monoisotopic (exact) mass is 440 g/mol. The van der Waals surface area contributed by atoms with E-state index in [1.807, 2.05) is 10.7 Å². The summed E-state index contributed by atoms with van der Waals surface area (Å²) in [6, 6.07) is 14.6. The lowest BCUT2D eigenvalue weighted by Gasteiger charge is -2.30. The van der Waals surface area contributed by atoms with Gasteiger partial charge in [-0.05, 0) is 77.7 Å². The fourth-order valence-electron chi connectivity index (χ4n) is 5.61. The number of hydrogen-bond acceptors (Lipinski definition) is 5. The Labute approximate surface area is 192 Å². The maximum atomic E-state index is 13.6. The zero-order chi connectivity index (χ0) is 22.5. The van der Waals surface area contributed by atoms with E-state index in [-0.39, 0.29) is 11.6 Å². The van der Waals surface area contributed by atoms with Gasteiger partial charge in [-0.3, -0.25) is 4.79 Å². The van der Waals surface area contributed by atoms with Crippen LogP contribution in [-0.2, 0) is 6.42 Å². The van der Waals surface area contributed by atoms with Gasteiger partial charge in [0.25, 0.3) is 5.56 Å². The molecule has 2 aliphatic rings. The average molecular weight is 441 g/mol. The molecule has 7 nitrogen and oxygen atoms in total. The number of aromatic nitrogens is 5. The fourth-order valence-corrected chi connectivity index (χ4v) is 5.61. The highest BCUT2D eigenvalue weighted by molar-refractivity contribution is 5.83. The van der Waals surface area contributed by atoms with Crippen LogP contribution in [0.3, 0.4) is 0 Å². The first-order chi connectivity index (χ1) is 16.1. The molecule has 1 aliphatic carbocycles. The number of rotatable bonds is 4. The van der Waals surface area contributed by atoms with E-state index in [0.717, 1.165) is 53.8 Å². The van der Waals surface area contributed by atoms with Crippen LogP contribution in [0.1, 0.15) is 65.8 Å². The van der Waals surface area contributed by atoms with Crippen molar-refractivity contribution in [2.75, 3.05) is 11.4 Å². The molecule has 33 heavy (non-hydrogen) atoms. The van der Waals surface area contributed by atoms with Crippen LogP contribution >= 0.6 is 0 Å². The second kappa shape index (κ2) is 7.83. The minimum Gasteiger partial charge on any atom is -0.357 e. The van der Waals surface area contributed by atoms with Crippen molar-refractivity contribution in [1.29, 1.82) is 0 Å². The van der Waals surface area contributed by atoms with E-state index in [0.29, 0.717) is 11.6 Å². The predicted molar refractivity (Wildman–Crippen MR) is 129 cm³/mol. The molecule has 0 bridgehead atoms. The van der Waals surface area contributed by atoms with Gasteiger partial charge in [0, 0.05) is 17.8 Å². The first kappa shape index (κ1) is 20.1. The van der Waals surface area contributed by atoms with E-state index >= 15 is 0 Å². The Hall–Kier alpha value is -3.48. The summed E-state index contributed by atoms with van der Waals surface area (Å²) >= 11 is 0. The minimum absolute atomic E-state index is 0.0773. The SMILES string of the molecule is Cc1ccc2cc([C@H](c3nnnn3C3CCCC3)N3CCc4ccccc43)c(=O)[nH]c2c1C. The third-order valence-corrected chi connectivity index (χ3v) is 7.54. The number of para-hydroxylation sites is 1. The lowest BCUT2D eigenvalue weighted by molar-refractivity contribution is 0.428. The first-order valence-corrected chi connectivity index (χ1v) is 11.9. The van der Waals surface area contributed by atoms with Gasteiger partial charge in [0.2, 0.25) is 0 Å². The molecule has 0 amide bonds. The molecule has 4 aromatic rings. The van der Waals surface area contributed by atoms with E-state index < -0.39 is 0 Å². The Morgan fingerprint density at radius 1 is 1.09 bits per heavy atom. The highest BCUT2D eigenvalue weighted by Crippen LogP contribution is 2.39. The Kier molecular flexibility index (Phi) is 4.78. The molecule has 1 saturated carbocycles. The number of fused-ring (bicyclic) bond motifs is 2. The van der Waals surface area contributed by atoms with Crippen molar-refractivity contribution >= 4 is 16.6 Å². The van der Waals surface area contributed by atoms with Crippen molar-refractivity contribution in [1.82, 2.24) is 25.2 Å². The molecule has 0 radical (unpaired) electrons. The topological polar surface area (TPSA) is 79.7 Å². The van der Waals surface area contributed by atoms with Crippen LogP contribution in [0.2, 0.25) is 0 Å². The van der Waals surface area contributed by atoms with Crippen molar-refractivity contribution in [3.8, 4) is 0 Å². The Morgan fingerprint density at radius 3 is 2.76 bits per heavy atom. The van der Waals surface area contributed by atoms with Crippen LogP contribution in [0, 0.1) is 13.8 Å². The zero-order valence-corrected chi connectivity index (χ0v) is 19.1. The maximum Gasteiger partial charge on any atom is 0.254 e. The average Bonchev–Trinajstić information content (AvgIpc) is 3.59. The van der Waals surface area contributed by atoms with E-state index in [9.17, 15) is 4.79 Å². The van der Waals surface area contributed by atoms with Crippen molar-refractivity contribution in [3.63, 3.8) is 0 Å². The summed E-state index contributed by atoms with van der Waals surface area (Å²) in [5.41, 5.74) is 6.24. The Bertz CT molecular complexity index is 1400. The molecule has 0 saturated heterocycles. The Balaban J connectivity index is 1.57. The fraction of sp³-hybridized carbons (Fsp3) is 0.385. The van der Waals surface area contributed by atoms with Gasteiger partial charge < -0.3 is 9.88 Å². The maximum absolute atomic E-state index is 13.6. The van der Waals surface area contributed by atoms with Gasteiger partial charge >= 0.3 is 0 Å². The summed E-state index contributed by atoms with van der Waals surface area (Å²) in [7, 11) is 0. The second-order valence-corrected chi connectivity index (χ2v) is 9.42. The predicted octanol–water partition coefficient (Wildman–Crippen LogP) is 4.40. The summed E-state index contributed by atoms with van der Waals surface area (Å²) in [6.45, 7) is 4.95. The van der Waals surface area contributed by atoms with Crippen LogP contribution in [0.25, 0.3) is 10.9 Å². The number of benzene rings is 2. The lowest BCUT2D eigenvalue weighted by Crippen LogP contribution is -2.34. The van der Waals surface area contributed by atoms with Crippen LogP contribution in [0.5, 0.6) is 0 Å². The van der Waals surface area contributed by atoms with Gasteiger partial charge in [-0.2, -0.15) is 0 Å². The smallest absolute Gasteiger partial charge is 0.254 e. The third-order valence-electron chi connectivity index (χ3n) is 7.54. The van der Waals surface area contributed by atoms with Crippen molar-refractivity contribution in [2.24, 2.45) is 0 Å². The molecule has 1 fully saturated rings. The third kappa shape index (κ3) is 3.25. The molecule has 168 valence electrons. The van der Waals surface area contributed by atoms with Crippen LogP contribution in [0.15, 0.2) is 47.3 Å². The molecule has 3 heterocycles. The van der Waals surface area contributed by atoms with Gasteiger partial charge in [0.15, 0.2) is 5.82 Å². The van der Waals surface area contributed by atoms with E-state index in [1.54, 1.807) is 0 Å². The number of anilines is 1. The van der Waals surface area contributed by atoms with Gasteiger partial charge in [-0.25, -0.2) is 4.68 Å². The summed E-state index contributed by atoms with van der Waals surface area (Å²) in [4.78, 5) is 19.1. The molecular formula is C26H28N6O. The number of pyridine rings is 1. The zero-order valence-electron chi connectivity index (χ0n) is 19.1. The van der Waals surface area contributed by atoms with Crippen LogP contribution in [0.4, 0.5) is 5.69 Å². The Morgan fingerprint density at radius 2 is 1.91 bits per heavy atom. The molecule has 1 N–H and O–H groups in total. The van der Waals surface area contributed by atoms with Crippen molar-refractivity contribution < 1.29 is 0 Å². The summed E-state index contributed by atoms with van der Waals surface area (Å²) in [5.74, 6) is 0.757. The van der Waals surface area contributed by atoms with Crippen LogP contribution in [-0.4, -0.2) is 31.7 Å². The first-order valence-electron chi connectivity index (χ1n) is 11.9. The molecule has 2 aromatic heterocycles. The standard InChI is InChI=1S/C26H28N6O/c1-16-11-12-19-15-21(26(33)27-23(19)17(16)2)24(31-14-13-18-7-3-6-10-22(18)31)25-28-29-30-32(25)20-8-4-5-9-20/h3,6-7,10-12,15,20,24H,4-5,8-9,13-14H2,1-2H3,(H,27,33)/t24-/m1/s1. The molecule has 1 aliphatic heterocycles. The highest BCUT2D eigenvalue weighted by atomic mass is 16.1. The van der Waals surface area contributed by atoms with Crippen LogP contribution < -0.4 is 10.5 Å². The molecule has 2 aromatic carbocycles. The lowest BCUT2D eigenvalue weighted by atomic mass is 10.00. The van der Waals surface area contributed by atoms with Gasteiger partial charge in [-0.15, -0.1) is 5.10 Å². The molecule has 1 atom stereocenters. The normalized spacial score (nSPS) is 17.1. The summed E-state index contributed by atoms with van der Waals surface area (Å²) in [5, 5.41) is 14.0. The van der Waals surface area contributed by atoms with E-state index in [1.165, 1.54) is 24.0 Å². The second-order valence-electron chi connectivity index (χ2n) is 9.42. The van der Waals surface area contributed by atoms with Crippen molar-refractivity contribution in [3.05, 3.63) is 80.9 Å². The number of tetrazole rings is 1. The molecule has 7 heteroatoms. The van der Waals surface area contributed by atoms with E-state index in [2.05, 4.69) is 75.7 Å². The molecular weight excluding hydrogens is 412 g/mol. The van der Waals surface area contributed by atoms with Gasteiger partial charge in [-0.1, -0.05) is 43.2 Å². The van der Waals surface area contributed by atoms with Gasteiger partial charge in [0.05, 0.1) is 11.6 Å². The highest BCUT2D eigenvalue weighted by Gasteiger charge is 2.36. The molecule has 6 rings (SSSR count). The van der Waals surface area contributed by atoms with E-state index in [4.69, 9.17) is 0 Å².